The summed E-state index contributed by atoms with van der Waals surface area (Å²) < 4.78 is 5.48. The standard InChI is InChI=1S/C24H23Cl3N4O3S/c1-28-12-14-13-35-22(20(14)27)24(33)30-21-18(23(32)29-17-4-2-15(25)3-5-17)10-16(26)11-19(21)31-6-8-34-9-7-31/h2-5,10-11,13,28H,6-9,12H2,1H3,(H,29,32)(H,30,33). The van der Waals surface area contributed by atoms with Crippen LogP contribution < -0.4 is 20.9 Å². The van der Waals surface area contributed by atoms with Crippen LogP contribution in [-0.2, 0) is 11.3 Å². The third-order valence-corrected chi connectivity index (χ3v) is 7.43. The van der Waals surface area contributed by atoms with Crippen LogP contribution in [0.1, 0.15) is 25.6 Å². The normalized spacial score (nSPS) is 13.5. The zero-order valence-electron chi connectivity index (χ0n) is 18.8. The lowest BCUT2D eigenvalue weighted by Gasteiger charge is -2.31. The third-order valence-electron chi connectivity index (χ3n) is 5.39. The molecule has 1 saturated heterocycles. The number of amides is 2. The van der Waals surface area contributed by atoms with Crippen LogP contribution in [0.4, 0.5) is 17.1 Å². The van der Waals surface area contributed by atoms with Crippen LogP contribution in [0.15, 0.2) is 41.8 Å². The second kappa shape index (κ2) is 11.6. The fourth-order valence-corrected chi connectivity index (χ4v) is 5.30. The van der Waals surface area contributed by atoms with Gasteiger partial charge in [0.1, 0.15) is 4.88 Å². The van der Waals surface area contributed by atoms with E-state index in [1.165, 1.54) is 17.4 Å². The van der Waals surface area contributed by atoms with E-state index in [1.54, 1.807) is 30.3 Å². The summed E-state index contributed by atoms with van der Waals surface area (Å²) >= 11 is 20.1. The summed E-state index contributed by atoms with van der Waals surface area (Å²) in [6.07, 6.45) is 0. The average Bonchev–Trinajstić information content (AvgIpc) is 3.22. The summed E-state index contributed by atoms with van der Waals surface area (Å²) in [6.45, 7) is 2.77. The number of hydrogen-bond acceptors (Lipinski definition) is 6. The molecule has 3 aromatic rings. The molecule has 4 rings (SSSR count). The van der Waals surface area contributed by atoms with Gasteiger partial charge in [-0.1, -0.05) is 34.8 Å². The van der Waals surface area contributed by atoms with Gasteiger partial charge in [0.05, 0.1) is 35.2 Å². The Balaban J connectivity index is 1.72. The molecule has 2 amide bonds. The van der Waals surface area contributed by atoms with Gasteiger partial charge in [-0.2, -0.15) is 0 Å². The van der Waals surface area contributed by atoms with E-state index in [-0.39, 0.29) is 5.56 Å². The molecule has 1 aliphatic heterocycles. The molecule has 0 unspecified atom stereocenters. The number of nitrogens with one attached hydrogen (secondary N) is 3. The number of rotatable bonds is 7. The predicted octanol–water partition coefficient (Wildman–Crippen LogP) is 5.77. The van der Waals surface area contributed by atoms with Gasteiger partial charge in [0.15, 0.2) is 0 Å². The van der Waals surface area contributed by atoms with Crippen molar-refractivity contribution < 1.29 is 14.3 Å². The first-order valence-corrected chi connectivity index (χ1v) is 12.8. The largest absolute Gasteiger partial charge is 0.378 e. The van der Waals surface area contributed by atoms with Gasteiger partial charge in [0.2, 0.25) is 0 Å². The van der Waals surface area contributed by atoms with Crippen molar-refractivity contribution >= 4 is 75.0 Å². The molecule has 1 fully saturated rings. The van der Waals surface area contributed by atoms with Crippen LogP contribution in [0, 0.1) is 0 Å². The highest BCUT2D eigenvalue weighted by atomic mass is 35.5. The predicted molar refractivity (Wildman–Crippen MR) is 144 cm³/mol. The molecule has 11 heteroatoms. The zero-order valence-corrected chi connectivity index (χ0v) is 21.9. The fraction of sp³-hybridized carbons (Fsp3) is 0.250. The lowest BCUT2D eigenvalue weighted by molar-refractivity contribution is 0.102. The van der Waals surface area contributed by atoms with Crippen molar-refractivity contribution in [2.75, 3.05) is 48.9 Å². The molecule has 1 aromatic heterocycles. The first-order valence-electron chi connectivity index (χ1n) is 10.8. The molecular weight excluding hydrogens is 531 g/mol. The Kier molecular flexibility index (Phi) is 8.54. The monoisotopic (exact) mass is 552 g/mol. The van der Waals surface area contributed by atoms with E-state index in [0.29, 0.717) is 69.9 Å². The zero-order chi connectivity index (χ0) is 24.9. The van der Waals surface area contributed by atoms with E-state index in [0.717, 1.165) is 5.56 Å². The maximum atomic E-state index is 13.4. The van der Waals surface area contributed by atoms with Gasteiger partial charge in [-0.05, 0) is 54.4 Å². The summed E-state index contributed by atoms with van der Waals surface area (Å²) in [5, 5.41) is 12.0. The van der Waals surface area contributed by atoms with E-state index in [4.69, 9.17) is 39.5 Å². The number of thiophene rings is 1. The molecule has 0 atom stereocenters. The molecule has 35 heavy (non-hydrogen) atoms. The number of anilines is 3. The van der Waals surface area contributed by atoms with Crippen LogP contribution in [0.3, 0.4) is 0 Å². The minimum atomic E-state index is -0.423. The Bertz CT molecular complexity index is 1230. The van der Waals surface area contributed by atoms with Gasteiger partial charge < -0.3 is 25.6 Å². The SMILES string of the molecule is CNCc1csc(C(=O)Nc2c(C(=O)Nc3ccc(Cl)cc3)cc(Cl)cc2N2CCOCC2)c1Cl. The van der Waals surface area contributed by atoms with Crippen LogP contribution in [0.25, 0.3) is 0 Å². The number of carbonyl (C=O) groups is 2. The summed E-state index contributed by atoms with van der Waals surface area (Å²) in [6, 6.07) is 10.0. The lowest BCUT2D eigenvalue weighted by Crippen LogP contribution is -2.37. The van der Waals surface area contributed by atoms with Gasteiger partial charge in [-0.15, -0.1) is 11.3 Å². The maximum Gasteiger partial charge on any atom is 0.267 e. The molecule has 7 nitrogen and oxygen atoms in total. The van der Waals surface area contributed by atoms with Gasteiger partial charge in [-0.3, -0.25) is 9.59 Å². The highest BCUT2D eigenvalue weighted by molar-refractivity contribution is 7.13. The van der Waals surface area contributed by atoms with E-state index in [9.17, 15) is 9.59 Å². The topological polar surface area (TPSA) is 82.7 Å². The second-order valence-corrected chi connectivity index (χ2v) is 9.93. The van der Waals surface area contributed by atoms with Gasteiger partial charge >= 0.3 is 0 Å². The van der Waals surface area contributed by atoms with Crippen molar-refractivity contribution in [2.45, 2.75) is 6.54 Å². The molecule has 184 valence electrons. The molecule has 2 aromatic carbocycles. The maximum absolute atomic E-state index is 13.4. The number of hydrogen-bond donors (Lipinski definition) is 3. The number of halogens is 3. The smallest absolute Gasteiger partial charge is 0.267 e. The van der Waals surface area contributed by atoms with E-state index in [1.807, 2.05) is 17.3 Å². The second-order valence-electron chi connectivity index (χ2n) is 7.80. The summed E-state index contributed by atoms with van der Waals surface area (Å²) in [4.78, 5) is 29.1. The van der Waals surface area contributed by atoms with Crippen molar-refractivity contribution in [3.05, 3.63) is 72.9 Å². The molecule has 0 saturated carbocycles. The molecule has 3 N–H and O–H groups in total. The molecule has 1 aliphatic rings. The molecular formula is C24H23Cl3N4O3S. The van der Waals surface area contributed by atoms with Crippen LogP contribution in [-0.4, -0.2) is 45.2 Å². The Hall–Kier alpha value is -2.33. The first-order chi connectivity index (χ1) is 16.9. The van der Waals surface area contributed by atoms with Crippen molar-refractivity contribution in [1.82, 2.24) is 5.32 Å². The van der Waals surface area contributed by atoms with Crippen molar-refractivity contribution in [2.24, 2.45) is 0 Å². The van der Waals surface area contributed by atoms with Crippen molar-refractivity contribution in [3.8, 4) is 0 Å². The van der Waals surface area contributed by atoms with Gasteiger partial charge in [0.25, 0.3) is 11.8 Å². The summed E-state index contributed by atoms with van der Waals surface area (Å²) in [7, 11) is 1.81. The fourth-order valence-electron chi connectivity index (χ4n) is 3.70. The summed E-state index contributed by atoms with van der Waals surface area (Å²) in [5.74, 6) is -0.826. The van der Waals surface area contributed by atoms with E-state index >= 15 is 0 Å². The highest BCUT2D eigenvalue weighted by Gasteiger charge is 2.25. The quantitative estimate of drug-likeness (QED) is 0.346. The number of nitrogens with zero attached hydrogens (tertiary/aromatic N) is 1. The molecule has 2 heterocycles. The van der Waals surface area contributed by atoms with Gasteiger partial charge in [-0.25, -0.2) is 0 Å². The first kappa shape index (κ1) is 25.8. The van der Waals surface area contributed by atoms with Crippen LogP contribution >= 0.6 is 46.1 Å². The molecule has 0 bridgehead atoms. The Morgan fingerprint density at radius 3 is 2.40 bits per heavy atom. The van der Waals surface area contributed by atoms with E-state index < -0.39 is 11.8 Å². The Morgan fingerprint density at radius 1 is 1.00 bits per heavy atom. The lowest BCUT2D eigenvalue weighted by atomic mass is 10.1. The number of ether oxygens (including phenoxy) is 1. The van der Waals surface area contributed by atoms with Crippen molar-refractivity contribution in [3.63, 3.8) is 0 Å². The van der Waals surface area contributed by atoms with Crippen LogP contribution in [0.2, 0.25) is 15.1 Å². The minimum Gasteiger partial charge on any atom is -0.378 e. The highest BCUT2D eigenvalue weighted by Crippen LogP contribution is 2.36. The third kappa shape index (κ3) is 6.09. The van der Waals surface area contributed by atoms with Gasteiger partial charge in [0, 0.05) is 35.4 Å². The molecule has 0 radical (unpaired) electrons. The number of benzene rings is 2. The van der Waals surface area contributed by atoms with Crippen LogP contribution in [0.5, 0.6) is 0 Å². The van der Waals surface area contributed by atoms with E-state index in [2.05, 4.69) is 16.0 Å². The van der Waals surface area contributed by atoms with Crippen molar-refractivity contribution in [1.29, 1.82) is 0 Å². The molecule has 0 spiro atoms. The summed E-state index contributed by atoms with van der Waals surface area (Å²) in [5.41, 5.74) is 2.61. The number of carbonyl (C=O) groups excluding carboxylic acids is 2. The average molecular weight is 554 g/mol. The Morgan fingerprint density at radius 2 is 1.71 bits per heavy atom. The minimum absolute atomic E-state index is 0.227. The Labute approximate surface area is 222 Å². The molecule has 0 aliphatic carbocycles. The number of morpholine rings is 1.